The highest BCUT2D eigenvalue weighted by molar-refractivity contribution is 7.89. The zero-order valence-electron chi connectivity index (χ0n) is 13.7. The average molecular weight is 348 g/mol. The lowest BCUT2D eigenvalue weighted by molar-refractivity contribution is 0.381. The molecular formula is C17H24N4O2S. The molecule has 1 aliphatic rings. The molecule has 7 heteroatoms. The predicted molar refractivity (Wildman–Crippen MR) is 92.7 cm³/mol. The van der Waals surface area contributed by atoms with Gasteiger partial charge in [0, 0.05) is 0 Å². The maximum atomic E-state index is 12.6. The van der Waals surface area contributed by atoms with Crippen molar-refractivity contribution in [2.75, 3.05) is 5.75 Å². The maximum absolute atomic E-state index is 12.6. The molecule has 0 aliphatic heterocycles. The Labute approximate surface area is 143 Å². The van der Waals surface area contributed by atoms with E-state index in [0.29, 0.717) is 6.54 Å². The van der Waals surface area contributed by atoms with Gasteiger partial charge in [-0.1, -0.05) is 49.6 Å². The first-order chi connectivity index (χ1) is 11.6. The molecule has 1 aromatic carbocycles. The largest absolute Gasteiger partial charge is 0.212 e. The molecule has 0 radical (unpaired) electrons. The zero-order chi connectivity index (χ0) is 16.8. The fourth-order valence-electron chi connectivity index (χ4n) is 3.33. The Hall–Kier alpha value is -1.73. The van der Waals surface area contributed by atoms with Crippen LogP contribution in [0.3, 0.4) is 0 Å². The van der Waals surface area contributed by atoms with Gasteiger partial charge < -0.3 is 0 Å². The number of nitrogens with one attached hydrogen (secondary N) is 1. The highest BCUT2D eigenvalue weighted by Gasteiger charge is 2.25. The number of nitrogens with zero attached hydrogens (tertiary/aromatic N) is 3. The van der Waals surface area contributed by atoms with Crippen LogP contribution in [0.4, 0.5) is 0 Å². The molecule has 3 rings (SSSR count). The van der Waals surface area contributed by atoms with Crippen LogP contribution >= 0.6 is 0 Å². The fourth-order valence-corrected chi connectivity index (χ4v) is 5.02. The zero-order valence-corrected chi connectivity index (χ0v) is 14.5. The first-order valence-electron chi connectivity index (χ1n) is 8.51. The number of aromatic nitrogens is 3. The van der Waals surface area contributed by atoms with E-state index in [1.54, 1.807) is 12.4 Å². The monoisotopic (exact) mass is 348 g/mol. The van der Waals surface area contributed by atoms with Crippen LogP contribution in [0.2, 0.25) is 0 Å². The van der Waals surface area contributed by atoms with Crippen molar-refractivity contribution < 1.29 is 8.42 Å². The van der Waals surface area contributed by atoms with E-state index in [0.717, 1.165) is 31.2 Å². The molecule has 0 bridgehead atoms. The Morgan fingerprint density at radius 3 is 2.42 bits per heavy atom. The van der Waals surface area contributed by atoms with Crippen molar-refractivity contribution in [1.29, 1.82) is 0 Å². The minimum absolute atomic E-state index is 0.211. The second-order valence-corrected chi connectivity index (χ2v) is 8.25. The van der Waals surface area contributed by atoms with Crippen LogP contribution in [0.25, 0.3) is 0 Å². The first-order valence-corrected chi connectivity index (χ1v) is 10.2. The van der Waals surface area contributed by atoms with Crippen molar-refractivity contribution in [2.24, 2.45) is 5.92 Å². The van der Waals surface area contributed by atoms with Gasteiger partial charge in [-0.05, 0) is 24.3 Å². The lowest BCUT2D eigenvalue weighted by Gasteiger charge is -2.24. The van der Waals surface area contributed by atoms with E-state index in [1.807, 2.05) is 30.3 Å². The van der Waals surface area contributed by atoms with Crippen LogP contribution in [0.5, 0.6) is 0 Å². The van der Waals surface area contributed by atoms with Crippen molar-refractivity contribution in [3.8, 4) is 0 Å². The topological polar surface area (TPSA) is 76.9 Å². The van der Waals surface area contributed by atoms with Gasteiger partial charge in [-0.2, -0.15) is 15.0 Å². The van der Waals surface area contributed by atoms with Gasteiger partial charge in [0.25, 0.3) is 0 Å². The summed E-state index contributed by atoms with van der Waals surface area (Å²) in [4.78, 5) is 1.51. The summed E-state index contributed by atoms with van der Waals surface area (Å²) < 4.78 is 28.2. The van der Waals surface area contributed by atoms with Crippen LogP contribution < -0.4 is 4.72 Å². The van der Waals surface area contributed by atoms with Gasteiger partial charge in [-0.15, -0.1) is 0 Å². The SMILES string of the molecule is O=S(=O)(CC1CCCCC1)NC(Cn1nccn1)c1ccccc1. The maximum Gasteiger partial charge on any atom is 0.212 e. The van der Waals surface area contributed by atoms with Crippen LogP contribution in [-0.4, -0.2) is 29.2 Å². The molecule has 1 saturated carbocycles. The van der Waals surface area contributed by atoms with Gasteiger partial charge in [-0.3, -0.25) is 0 Å². The first kappa shape index (κ1) is 17.1. The fraction of sp³-hybridized carbons (Fsp3) is 0.529. The van der Waals surface area contributed by atoms with Gasteiger partial charge in [-0.25, -0.2) is 13.1 Å². The van der Waals surface area contributed by atoms with Crippen molar-refractivity contribution in [3.05, 3.63) is 48.3 Å². The molecule has 6 nitrogen and oxygen atoms in total. The van der Waals surface area contributed by atoms with Crippen molar-refractivity contribution >= 4 is 10.0 Å². The van der Waals surface area contributed by atoms with E-state index in [4.69, 9.17) is 0 Å². The standard InChI is InChI=1S/C17H24N4O2S/c22-24(23,14-15-7-3-1-4-8-15)20-17(13-21-18-11-12-19-21)16-9-5-2-6-10-16/h2,5-6,9-12,15,17,20H,1,3-4,7-8,13-14H2. The third-order valence-electron chi connectivity index (χ3n) is 4.52. The second-order valence-electron chi connectivity index (χ2n) is 6.45. The molecule has 1 aromatic heterocycles. The van der Waals surface area contributed by atoms with E-state index >= 15 is 0 Å². The van der Waals surface area contributed by atoms with Gasteiger partial charge in [0.1, 0.15) is 0 Å². The van der Waals surface area contributed by atoms with Gasteiger partial charge in [0.05, 0.1) is 30.7 Å². The highest BCUT2D eigenvalue weighted by Crippen LogP contribution is 2.25. The van der Waals surface area contributed by atoms with Crippen molar-refractivity contribution in [2.45, 2.75) is 44.7 Å². The minimum atomic E-state index is -3.35. The molecule has 1 heterocycles. The smallest absolute Gasteiger partial charge is 0.212 e. The van der Waals surface area contributed by atoms with Crippen LogP contribution in [0.15, 0.2) is 42.7 Å². The van der Waals surface area contributed by atoms with Gasteiger partial charge >= 0.3 is 0 Å². The van der Waals surface area contributed by atoms with E-state index in [1.165, 1.54) is 11.2 Å². The summed E-state index contributed by atoms with van der Waals surface area (Å²) in [6.45, 7) is 0.376. The van der Waals surface area contributed by atoms with E-state index < -0.39 is 10.0 Å². The van der Waals surface area contributed by atoms with Gasteiger partial charge in [0.15, 0.2) is 0 Å². The summed E-state index contributed by atoms with van der Waals surface area (Å²) in [6, 6.07) is 9.23. The quantitative estimate of drug-likeness (QED) is 0.834. The summed E-state index contributed by atoms with van der Waals surface area (Å²) in [6.07, 6.45) is 8.72. The lowest BCUT2D eigenvalue weighted by atomic mass is 9.91. The van der Waals surface area contributed by atoms with Crippen LogP contribution in [-0.2, 0) is 16.6 Å². The Morgan fingerprint density at radius 2 is 1.75 bits per heavy atom. The average Bonchev–Trinajstić information content (AvgIpc) is 3.08. The summed E-state index contributed by atoms with van der Waals surface area (Å²) in [5.41, 5.74) is 0.919. The normalized spacial score (nSPS) is 17.7. The third kappa shape index (κ3) is 4.88. The Balaban J connectivity index is 1.72. The Kier molecular flexibility index (Phi) is 5.63. The minimum Gasteiger partial charge on any atom is -0.212 e. The lowest BCUT2D eigenvalue weighted by Crippen LogP contribution is -2.36. The van der Waals surface area contributed by atoms with Crippen molar-refractivity contribution in [3.63, 3.8) is 0 Å². The number of rotatable bonds is 7. The molecule has 1 aliphatic carbocycles. The molecule has 1 atom stereocenters. The summed E-state index contributed by atoms with van der Waals surface area (Å²) >= 11 is 0. The number of hydrogen-bond donors (Lipinski definition) is 1. The molecule has 130 valence electrons. The Bertz CT molecular complexity index is 710. The molecule has 0 amide bonds. The predicted octanol–water partition coefficient (Wildman–Crippen LogP) is 2.52. The summed E-state index contributed by atoms with van der Waals surface area (Å²) in [7, 11) is -3.35. The van der Waals surface area contributed by atoms with Crippen LogP contribution in [0.1, 0.15) is 43.7 Å². The molecule has 2 aromatic rings. The number of sulfonamides is 1. The van der Waals surface area contributed by atoms with Gasteiger partial charge in [0.2, 0.25) is 10.0 Å². The van der Waals surface area contributed by atoms with E-state index in [2.05, 4.69) is 14.9 Å². The summed E-state index contributed by atoms with van der Waals surface area (Å²) in [5, 5.41) is 8.20. The number of benzene rings is 1. The van der Waals surface area contributed by atoms with E-state index in [9.17, 15) is 8.42 Å². The van der Waals surface area contributed by atoms with Crippen molar-refractivity contribution in [1.82, 2.24) is 19.7 Å². The molecular weight excluding hydrogens is 324 g/mol. The highest BCUT2D eigenvalue weighted by atomic mass is 32.2. The molecule has 1 fully saturated rings. The second kappa shape index (κ2) is 7.90. The molecule has 0 saturated heterocycles. The number of hydrogen-bond acceptors (Lipinski definition) is 4. The molecule has 1 N–H and O–H groups in total. The molecule has 24 heavy (non-hydrogen) atoms. The summed E-state index contributed by atoms with van der Waals surface area (Å²) in [5.74, 6) is 0.485. The van der Waals surface area contributed by atoms with Crippen LogP contribution in [0, 0.1) is 5.92 Å². The Morgan fingerprint density at radius 1 is 1.08 bits per heavy atom. The van der Waals surface area contributed by atoms with E-state index in [-0.39, 0.29) is 17.7 Å². The molecule has 0 spiro atoms. The third-order valence-corrected chi connectivity index (χ3v) is 6.07. The molecule has 1 unspecified atom stereocenters.